The van der Waals surface area contributed by atoms with E-state index in [0.29, 0.717) is 0 Å². The van der Waals surface area contributed by atoms with Crippen molar-refractivity contribution in [1.82, 2.24) is 15.5 Å². The molecule has 4 heteroatoms. The molecule has 0 amide bonds. The molecule has 0 bridgehead atoms. The van der Waals surface area contributed by atoms with Crippen molar-refractivity contribution >= 4 is 5.96 Å². The number of hydrogen-bond donors (Lipinski definition) is 2. The van der Waals surface area contributed by atoms with Gasteiger partial charge in [-0.2, -0.15) is 0 Å². The molecule has 1 saturated heterocycles. The number of aliphatic imine (C=N–C) groups is 1. The summed E-state index contributed by atoms with van der Waals surface area (Å²) in [6.45, 7) is 7.79. The molecule has 122 valence electrons. The van der Waals surface area contributed by atoms with Crippen LogP contribution in [0.3, 0.4) is 0 Å². The minimum atomic E-state index is 0.845. The van der Waals surface area contributed by atoms with Crippen LogP contribution in [-0.2, 0) is 6.42 Å². The first-order valence-electron chi connectivity index (χ1n) is 8.48. The van der Waals surface area contributed by atoms with E-state index in [1.54, 1.807) is 0 Å². The molecule has 1 aromatic carbocycles. The Morgan fingerprint density at radius 2 is 2.00 bits per heavy atom. The quantitative estimate of drug-likeness (QED) is 0.625. The smallest absolute Gasteiger partial charge is 0.191 e. The van der Waals surface area contributed by atoms with Gasteiger partial charge in [0.05, 0.1) is 0 Å². The normalized spacial score (nSPS) is 19.9. The molecular formula is C18H30N4. The van der Waals surface area contributed by atoms with Gasteiger partial charge in [0.15, 0.2) is 5.96 Å². The van der Waals surface area contributed by atoms with Gasteiger partial charge < -0.3 is 15.5 Å². The monoisotopic (exact) mass is 302 g/mol. The number of piperidine rings is 1. The van der Waals surface area contributed by atoms with E-state index in [9.17, 15) is 0 Å². The largest absolute Gasteiger partial charge is 0.356 e. The molecule has 1 unspecified atom stereocenters. The summed E-state index contributed by atoms with van der Waals surface area (Å²) in [5, 5.41) is 6.80. The average molecular weight is 302 g/mol. The van der Waals surface area contributed by atoms with Crippen LogP contribution in [0.4, 0.5) is 0 Å². The third-order valence-electron chi connectivity index (χ3n) is 4.23. The topological polar surface area (TPSA) is 39.7 Å². The standard InChI is InChI=1S/C18H30N4/c1-16-7-6-13-22(15-16)14-12-21-18(19-2)20-11-10-17-8-4-3-5-9-17/h3-5,8-9,16H,6-7,10-15H2,1-2H3,(H2,19,20,21). The highest BCUT2D eigenvalue weighted by Gasteiger charge is 2.15. The summed E-state index contributed by atoms with van der Waals surface area (Å²) in [6, 6.07) is 10.5. The van der Waals surface area contributed by atoms with E-state index in [0.717, 1.165) is 37.9 Å². The van der Waals surface area contributed by atoms with Gasteiger partial charge in [0.25, 0.3) is 0 Å². The van der Waals surface area contributed by atoms with Crippen LogP contribution < -0.4 is 10.6 Å². The van der Waals surface area contributed by atoms with E-state index in [-0.39, 0.29) is 0 Å². The van der Waals surface area contributed by atoms with Crippen LogP contribution in [-0.4, -0.2) is 50.6 Å². The third-order valence-corrected chi connectivity index (χ3v) is 4.23. The summed E-state index contributed by atoms with van der Waals surface area (Å²) < 4.78 is 0. The lowest BCUT2D eigenvalue weighted by atomic mass is 10.0. The summed E-state index contributed by atoms with van der Waals surface area (Å²) in [4.78, 5) is 6.85. The van der Waals surface area contributed by atoms with E-state index in [1.807, 2.05) is 7.05 Å². The number of benzene rings is 1. The van der Waals surface area contributed by atoms with Crippen LogP contribution in [0.1, 0.15) is 25.3 Å². The first-order chi connectivity index (χ1) is 10.8. The molecule has 0 spiro atoms. The van der Waals surface area contributed by atoms with Gasteiger partial charge in [0, 0.05) is 33.2 Å². The minimum Gasteiger partial charge on any atom is -0.356 e. The highest BCUT2D eigenvalue weighted by Crippen LogP contribution is 2.14. The van der Waals surface area contributed by atoms with Crippen molar-refractivity contribution in [2.24, 2.45) is 10.9 Å². The number of rotatable bonds is 6. The molecule has 0 radical (unpaired) electrons. The van der Waals surface area contributed by atoms with Crippen LogP contribution >= 0.6 is 0 Å². The fraction of sp³-hybridized carbons (Fsp3) is 0.611. The molecule has 0 aromatic heterocycles. The summed E-state index contributed by atoms with van der Waals surface area (Å²) in [5.74, 6) is 1.75. The molecule has 1 atom stereocenters. The molecule has 1 aliphatic heterocycles. The van der Waals surface area contributed by atoms with Gasteiger partial charge in [-0.15, -0.1) is 0 Å². The maximum absolute atomic E-state index is 4.29. The molecular weight excluding hydrogens is 272 g/mol. The fourth-order valence-electron chi connectivity index (χ4n) is 3.01. The van der Waals surface area contributed by atoms with Gasteiger partial charge >= 0.3 is 0 Å². The maximum Gasteiger partial charge on any atom is 0.191 e. The van der Waals surface area contributed by atoms with Crippen molar-refractivity contribution in [2.75, 3.05) is 39.8 Å². The molecule has 4 nitrogen and oxygen atoms in total. The third kappa shape index (κ3) is 6.06. The van der Waals surface area contributed by atoms with Crippen LogP contribution in [0.15, 0.2) is 35.3 Å². The van der Waals surface area contributed by atoms with Gasteiger partial charge in [-0.1, -0.05) is 37.3 Å². The SMILES string of the molecule is CN=C(NCCc1ccccc1)NCCN1CCCC(C)C1. The molecule has 22 heavy (non-hydrogen) atoms. The van der Waals surface area contributed by atoms with Gasteiger partial charge in [-0.3, -0.25) is 4.99 Å². The lowest BCUT2D eigenvalue weighted by Gasteiger charge is -2.30. The Balaban J connectivity index is 1.61. The predicted octanol–water partition coefficient (Wildman–Crippen LogP) is 2.13. The predicted molar refractivity (Wildman–Crippen MR) is 94.3 cm³/mol. The van der Waals surface area contributed by atoms with Crippen molar-refractivity contribution in [3.8, 4) is 0 Å². The summed E-state index contributed by atoms with van der Waals surface area (Å²) in [6.07, 6.45) is 3.74. The number of likely N-dealkylation sites (tertiary alicyclic amines) is 1. The Labute approximate surface area is 135 Å². The minimum absolute atomic E-state index is 0.845. The van der Waals surface area contributed by atoms with Crippen molar-refractivity contribution in [3.63, 3.8) is 0 Å². The second kappa shape index (κ2) is 9.46. The molecule has 2 N–H and O–H groups in total. The average Bonchev–Trinajstić information content (AvgIpc) is 2.54. The highest BCUT2D eigenvalue weighted by atomic mass is 15.2. The first kappa shape index (κ1) is 16.8. The van der Waals surface area contributed by atoms with Gasteiger partial charge in [-0.25, -0.2) is 0 Å². The fourth-order valence-corrected chi connectivity index (χ4v) is 3.01. The van der Waals surface area contributed by atoms with Crippen molar-refractivity contribution in [1.29, 1.82) is 0 Å². The van der Waals surface area contributed by atoms with Gasteiger partial charge in [-0.05, 0) is 37.3 Å². The van der Waals surface area contributed by atoms with Crippen molar-refractivity contribution in [2.45, 2.75) is 26.2 Å². The lowest BCUT2D eigenvalue weighted by Crippen LogP contribution is -2.44. The Morgan fingerprint density at radius 1 is 1.23 bits per heavy atom. The zero-order chi connectivity index (χ0) is 15.6. The second-order valence-electron chi connectivity index (χ2n) is 6.21. The molecule has 1 fully saturated rings. The summed E-state index contributed by atoms with van der Waals surface area (Å²) in [7, 11) is 1.83. The molecule has 2 rings (SSSR count). The van der Waals surface area contributed by atoms with E-state index in [4.69, 9.17) is 0 Å². The first-order valence-corrected chi connectivity index (χ1v) is 8.48. The van der Waals surface area contributed by atoms with E-state index < -0.39 is 0 Å². The number of nitrogens with one attached hydrogen (secondary N) is 2. The van der Waals surface area contributed by atoms with E-state index in [1.165, 1.54) is 31.5 Å². The highest BCUT2D eigenvalue weighted by molar-refractivity contribution is 5.79. The zero-order valence-electron chi connectivity index (χ0n) is 14.0. The van der Waals surface area contributed by atoms with Crippen molar-refractivity contribution in [3.05, 3.63) is 35.9 Å². The van der Waals surface area contributed by atoms with Gasteiger partial charge in [0.2, 0.25) is 0 Å². The Hall–Kier alpha value is -1.55. The van der Waals surface area contributed by atoms with Crippen LogP contribution in [0.5, 0.6) is 0 Å². The lowest BCUT2D eigenvalue weighted by molar-refractivity contribution is 0.187. The molecule has 0 saturated carbocycles. The van der Waals surface area contributed by atoms with E-state index in [2.05, 4.69) is 57.8 Å². The molecule has 1 aliphatic rings. The number of guanidine groups is 1. The molecule has 1 heterocycles. The Kier molecular flexibility index (Phi) is 7.23. The zero-order valence-corrected chi connectivity index (χ0v) is 14.0. The van der Waals surface area contributed by atoms with Crippen LogP contribution in [0.2, 0.25) is 0 Å². The maximum atomic E-state index is 4.29. The molecule has 0 aliphatic carbocycles. The number of hydrogen-bond acceptors (Lipinski definition) is 2. The molecule has 1 aromatic rings. The van der Waals surface area contributed by atoms with Crippen LogP contribution in [0, 0.1) is 5.92 Å². The Morgan fingerprint density at radius 3 is 2.73 bits per heavy atom. The van der Waals surface area contributed by atoms with E-state index >= 15 is 0 Å². The van der Waals surface area contributed by atoms with Gasteiger partial charge in [0.1, 0.15) is 0 Å². The number of nitrogens with zero attached hydrogens (tertiary/aromatic N) is 2. The Bertz CT molecular complexity index is 444. The summed E-state index contributed by atoms with van der Waals surface area (Å²) >= 11 is 0. The van der Waals surface area contributed by atoms with Crippen LogP contribution in [0.25, 0.3) is 0 Å². The second-order valence-corrected chi connectivity index (χ2v) is 6.21. The van der Waals surface area contributed by atoms with Crippen molar-refractivity contribution < 1.29 is 0 Å². The summed E-state index contributed by atoms with van der Waals surface area (Å²) in [5.41, 5.74) is 1.35.